The number of alkyl halides is 3. The summed E-state index contributed by atoms with van der Waals surface area (Å²) in [7, 11) is 0. The Balaban J connectivity index is 1.85. The first-order valence-electron chi connectivity index (χ1n) is 10.3. The van der Waals surface area contributed by atoms with Gasteiger partial charge in [0.25, 0.3) is 0 Å². The summed E-state index contributed by atoms with van der Waals surface area (Å²) in [6.45, 7) is 10.1. The van der Waals surface area contributed by atoms with Crippen LogP contribution >= 0.6 is 0 Å². The molecule has 0 aliphatic rings. The highest BCUT2D eigenvalue weighted by molar-refractivity contribution is 5.63. The summed E-state index contributed by atoms with van der Waals surface area (Å²) in [6, 6.07) is 14.3. The SMILES string of the molecule is CC(C)Oc1ccc(Nc2nc(Nc3ccc(C(C)(C)C)cc3)ncc2C(F)(F)F)cc1. The van der Waals surface area contributed by atoms with Crippen LogP contribution in [-0.4, -0.2) is 16.1 Å². The van der Waals surface area contributed by atoms with Gasteiger partial charge in [-0.15, -0.1) is 0 Å². The van der Waals surface area contributed by atoms with Crippen LogP contribution < -0.4 is 15.4 Å². The molecule has 0 atom stereocenters. The van der Waals surface area contributed by atoms with E-state index in [9.17, 15) is 13.2 Å². The lowest BCUT2D eigenvalue weighted by Crippen LogP contribution is -2.13. The van der Waals surface area contributed by atoms with Crippen molar-refractivity contribution in [1.29, 1.82) is 0 Å². The number of anilines is 4. The molecule has 0 spiro atoms. The fraction of sp³-hybridized carbons (Fsp3) is 0.333. The highest BCUT2D eigenvalue weighted by atomic mass is 19.4. The maximum atomic E-state index is 13.5. The zero-order valence-electron chi connectivity index (χ0n) is 18.7. The Kier molecular flexibility index (Phi) is 6.62. The van der Waals surface area contributed by atoms with Gasteiger partial charge in [-0.25, -0.2) is 4.98 Å². The topological polar surface area (TPSA) is 59.1 Å². The van der Waals surface area contributed by atoms with Crippen LogP contribution in [0.25, 0.3) is 0 Å². The molecule has 0 fully saturated rings. The minimum atomic E-state index is -4.60. The number of aromatic nitrogens is 2. The molecule has 0 aliphatic carbocycles. The molecule has 8 heteroatoms. The Morgan fingerprint density at radius 3 is 1.94 bits per heavy atom. The highest BCUT2D eigenvalue weighted by Gasteiger charge is 2.35. The maximum Gasteiger partial charge on any atom is 0.421 e. The summed E-state index contributed by atoms with van der Waals surface area (Å²) in [4.78, 5) is 7.95. The average Bonchev–Trinajstić information content (AvgIpc) is 2.68. The van der Waals surface area contributed by atoms with Crippen molar-refractivity contribution in [1.82, 2.24) is 9.97 Å². The van der Waals surface area contributed by atoms with Crippen molar-refractivity contribution in [2.24, 2.45) is 0 Å². The zero-order chi connectivity index (χ0) is 23.5. The minimum absolute atomic E-state index is 0.00129. The van der Waals surface area contributed by atoms with Crippen molar-refractivity contribution in [2.45, 2.75) is 52.3 Å². The minimum Gasteiger partial charge on any atom is -0.491 e. The summed E-state index contributed by atoms with van der Waals surface area (Å²) in [5.41, 5.74) is 1.32. The third kappa shape index (κ3) is 6.12. The molecule has 1 aromatic heterocycles. The first-order valence-corrected chi connectivity index (χ1v) is 10.3. The first kappa shape index (κ1) is 23.4. The van der Waals surface area contributed by atoms with Gasteiger partial charge in [0.2, 0.25) is 5.95 Å². The summed E-state index contributed by atoms with van der Waals surface area (Å²) in [5, 5.41) is 5.72. The quantitative estimate of drug-likeness (QED) is 0.426. The lowest BCUT2D eigenvalue weighted by Gasteiger charge is -2.19. The number of nitrogens with one attached hydrogen (secondary N) is 2. The molecule has 2 aromatic carbocycles. The fourth-order valence-electron chi connectivity index (χ4n) is 2.95. The van der Waals surface area contributed by atoms with E-state index in [1.807, 2.05) is 38.1 Å². The molecular formula is C24H27F3N4O. The van der Waals surface area contributed by atoms with Gasteiger partial charge in [0.1, 0.15) is 17.1 Å². The maximum absolute atomic E-state index is 13.5. The lowest BCUT2D eigenvalue weighted by atomic mass is 9.87. The molecule has 0 aliphatic heterocycles. The van der Waals surface area contributed by atoms with Crippen LogP contribution in [0.4, 0.5) is 36.3 Å². The molecule has 0 unspecified atom stereocenters. The van der Waals surface area contributed by atoms with Crippen LogP contribution in [-0.2, 0) is 11.6 Å². The Labute approximate surface area is 186 Å². The van der Waals surface area contributed by atoms with Crippen molar-refractivity contribution in [3.8, 4) is 5.75 Å². The van der Waals surface area contributed by atoms with Gasteiger partial charge in [0, 0.05) is 17.6 Å². The van der Waals surface area contributed by atoms with E-state index in [4.69, 9.17) is 4.74 Å². The number of nitrogens with zero attached hydrogens (tertiary/aromatic N) is 2. The van der Waals surface area contributed by atoms with Crippen LogP contribution in [0.2, 0.25) is 0 Å². The predicted octanol–water partition coefficient (Wildman–Crippen LogP) is 7.07. The van der Waals surface area contributed by atoms with Crippen molar-refractivity contribution in [3.63, 3.8) is 0 Å². The largest absolute Gasteiger partial charge is 0.491 e. The Morgan fingerprint density at radius 2 is 1.41 bits per heavy atom. The summed E-state index contributed by atoms with van der Waals surface area (Å²) in [5.74, 6) is 0.355. The molecule has 0 saturated heterocycles. The van der Waals surface area contributed by atoms with Gasteiger partial charge in [-0.05, 0) is 61.2 Å². The Hall–Kier alpha value is -3.29. The average molecular weight is 445 g/mol. The van der Waals surface area contributed by atoms with E-state index in [1.54, 1.807) is 24.3 Å². The molecule has 3 rings (SSSR count). The third-order valence-corrected chi connectivity index (χ3v) is 4.59. The van der Waals surface area contributed by atoms with E-state index in [0.29, 0.717) is 17.1 Å². The lowest BCUT2D eigenvalue weighted by molar-refractivity contribution is -0.137. The molecule has 2 N–H and O–H groups in total. The van der Waals surface area contributed by atoms with E-state index in [2.05, 4.69) is 41.4 Å². The number of hydrogen-bond acceptors (Lipinski definition) is 5. The van der Waals surface area contributed by atoms with Gasteiger partial charge < -0.3 is 15.4 Å². The molecule has 3 aromatic rings. The van der Waals surface area contributed by atoms with Gasteiger partial charge in [-0.3, -0.25) is 0 Å². The number of rotatable bonds is 6. The summed E-state index contributed by atoms with van der Waals surface area (Å²) in [6.07, 6.45) is -3.83. The molecule has 0 amide bonds. The molecular weight excluding hydrogens is 417 g/mol. The third-order valence-electron chi connectivity index (χ3n) is 4.59. The molecule has 32 heavy (non-hydrogen) atoms. The van der Waals surface area contributed by atoms with Gasteiger partial charge in [0.15, 0.2) is 0 Å². The summed E-state index contributed by atoms with van der Waals surface area (Å²) < 4.78 is 46.1. The molecule has 170 valence electrons. The first-order chi connectivity index (χ1) is 14.9. The van der Waals surface area contributed by atoms with E-state index >= 15 is 0 Å². The van der Waals surface area contributed by atoms with Crippen LogP contribution in [0, 0.1) is 0 Å². The van der Waals surface area contributed by atoms with Gasteiger partial charge in [-0.1, -0.05) is 32.9 Å². The zero-order valence-corrected chi connectivity index (χ0v) is 18.7. The molecule has 0 bridgehead atoms. The molecule has 5 nitrogen and oxygen atoms in total. The number of hydrogen-bond donors (Lipinski definition) is 2. The molecule has 1 heterocycles. The second-order valence-electron chi connectivity index (χ2n) is 8.72. The standard InChI is InChI=1S/C24H27F3N4O/c1-15(2)32-19-12-10-17(11-13-19)29-21-20(24(25,26)27)14-28-22(31-21)30-18-8-6-16(7-9-18)23(3,4)5/h6-15H,1-5H3,(H2,28,29,30,31). The number of ether oxygens (including phenoxy) is 1. The smallest absolute Gasteiger partial charge is 0.421 e. The molecule has 0 saturated carbocycles. The Bertz CT molecular complexity index is 1040. The second-order valence-corrected chi connectivity index (χ2v) is 8.72. The van der Waals surface area contributed by atoms with E-state index in [0.717, 1.165) is 11.8 Å². The van der Waals surface area contributed by atoms with Crippen molar-refractivity contribution >= 4 is 23.1 Å². The normalized spacial score (nSPS) is 12.0. The van der Waals surface area contributed by atoms with Crippen molar-refractivity contribution in [2.75, 3.05) is 10.6 Å². The Morgan fingerprint density at radius 1 is 0.844 bits per heavy atom. The number of benzene rings is 2. The monoisotopic (exact) mass is 444 g/mol. The van der Waals surface area contributed by atoms with Crippen molar-refractivity contribution < 1.29 is 17.9 Å². The van der Waals surface area contributed by atoms with Crippen LogP contribution in [0.15, 0.2) is 54.7 Å². The number of halogens is 3. The van der Waals surface area contributed by atoms with Crippen LogP contribution in [0.3, 0.4) is 0 Å². The van der Waals surface area contributed by atoms with Crippen LogP contribution in [0.1, 0.15) is 45.7 Å². The van der Waals surface area contributed by atoms with E-state index in [-0.39, 0.29) is 23.3 Å². The van der Waals surface area contributed by atoms with Crippen molar-refractivity contribution in [3.05, 3.63) is 65.9 Å². The van der Waals surface area contributed by atoms with Gasteiger partial charge >= 0.3 is 6.18 Å². The molecule has 0 radical (unpaired) electrons. The predicted molar refractivity (Wildman–Crippen MR) is 121 cm³/mol. The van der Waals surface area contributed by atoms with Crippen LogP contribution in [0.5, 0.6) is 5.75 Å². The van der Waals surface area contributed by atoms with E-state index < -0.39 is 11.7 Å². The van der Waals surface area contributed by atoms with Gasteiger partial charge in [0.05, 0.1) is 6.10 Å². The summed E-state index contributed by atoms with van der Waals surface area (Å²) >= 11 is 0. The fourth-order valence-corrected chi connectivity index (χ4v) is 2.95. The second kappa shape index (κ2) is 9.06. The van der Waals surface area contributed by atoms with Gasteiger partial charge in [-0.2, -0.15) is 18.2 Å². The highest BCUT2D eigenvalue weighted by Crippen LogP contribution is 2.35. The van der Waals surface area contributed by atoms with E-state index in [1.165, 1.54) is 0 Å².